The van der Waals surface area contributed by atoms with E-state index in [0.29, 0.717) is 6.04 Å². The van der Waals surface area contributed by atoms with Gasteiger partial charge in [0.2, 0.25) is 0 Å². The van der Waals surface area contributed by atoms with E-state index in [1.54, 1.807) is 0 Å². The first kappa shape index (κ1) is 11.1. The summed E-state index contributed by atoms with van der Waals surface area (Å²) in [4.78, 5) is 2.43. The van der Waals surface area contributed by atoms with Crippen molar-refractivity contribution in [3.8, 4) is 0 Å². The second kappa shape index (κ2) is 5.06. The molecule has 1 atom stereocenters. The quantitative estimate of drug-likeness (QED) is 0.771. The second-order valence-electron chi connectivity index (χ2n) is 4.27. The Morgan fingerprint density at radius 1 is 1.31 bits per heavy atom. The molecule has 0 radical (unpaired) electrons. The zero-order valence-electron chi connectivity index (χ0n) is 10.0. The summed E-state index contributed by atoms with van der Waals surface area (Å²) >= 11 is 0. The van der Waals surface area contributed by atoms with Gasteiger partial charge in [0, 0.05) is 12.2 Å². The molecule has 1 unspecified atom stereocenters. The minimum absolute atomic E-state index is 0.505. The number of rotatable bonds is 3. The molecule has 0 amide bonds. The van der Waals surface area contributed by atoms with Crippen LogP contribution in [0.15, 0.2) is 42.3 Å². The molecule has 0 bridgehead atoms. The Bertz CT molecular complexity index is 358. The lowest BCUT2D eigenvalue weighted by molar-refractivity contribution is 0.0908. The van der Waals surface area contributed by atoms with Crippen molar-refractivity contribution < 1.29 is 4.74 Å². The van der Waals surface area contributed by atoms with E-state index < -0.39 is 0 Å². The number of hydrogen-bond donors (Lipinski definition) is 0. The van der Waals surface area contributed by atoms with E-state index in [1.165, 1.54) is 11.3 Å². The van der Waals surface area contributed by atoms with Crippen LogP contribution in [-0.2, 0) is 11.3 Å². The van der Waals surface area contributed by atoms with Crippen molar-refractivity contribution >= 4 is 0 Å². The molecule has 0 saturated carbocycles. The van der Waals surface area contributed by atoms with E-state index in [0.717, 1.165) is 19.6 Å². The minimum Gasteiger partial charge on any atom is -0.497 e. The fourth-order valence-electron chi connectivity index (χ4n) is 2.10. The molecule has 1 aliphatic heterocycles. The van der Waals surface area contributed by atoms with E-state index in [1.807, 2.05) is 6.26 Å². The lowest BCUT2D eigenvalue weighted by Gasteiger charge is -2.36. The second-order valence-corrected chi connectivity index (χ2v) is 4.27. The molecule has 0 aromatic heterocycles. The summed E-state index contributed by atoms with van der Waals surface area (Å²) in [5, 5.41) is 0. The molecule has 2 heteroatoms. The Kier molecular flexibility index (Phi) is 3.50. The average Bonchev–Trinajstić information content (AvgIpc) is 2.33. The SMILES string of the molecule is CCC1COC=C(C)N1Cc1ccccc1. The molecular weight excluding hydrogens is 198 g/mol. The van der Waals surface area contributed by atoms with Crippen LogP contribution in [0.5, 0.6) is 0 Å². The lowest BCUT2D eigenvalue weighted by Crippen LogP contribution is -2.38. The number of benzene rings is 1. The zero-order chi connectivity index (χ0) is 11.4. The van der Waals surface area contributed by atoms with Crippen LogP contribution >= 0.6 is 0 Å². The van der Waals surface area contributed by atoms with E-state index in [2.05, 4.69) is 49.1 Å². The molecule has 0 aliphatic carbocycles. The first-order valence-electron chi connectivity index (χ1n) is 5.90. The highest BCUT2D eigenvalue weighted by atomic mass is 16.5. The molecule has 0 spiro atoms. The molecule has 86 valence electrons. The van der Waals surface area contributed by atoms with Crippen molar-refractivity contribution in [1.82, 2.24) is 4.90 Å². The summed E-state index contributed by atoms with van der Waals surface area (Å²) in [6.45, 7) is 6.11. The van der Waals surface area contributed by atoms with Gasteiger partial charge in [-0.1, -0.05) is 37.3 Å². The molecular formula is C14H19NO. The highest BCUT2D eigenvalue weighted by molar-refractivity contribution is 5.16. The molecule has 2 nitrogen and oxygen atoms in total. The van der Waals surface area contributed by atoms with Crippen LogP contribution in [0.25, 0.3) is 0 Å². The third kappa shape index (κ3) is 2.38. The van der Waals surface area contributed by atoms with Crippen LogP contribution in [-0.4, -0.2) is 17.5 Å². The van der Waals surface area contributed by atoms with Gasteiger partial charge in [0.15, 0.2) is 0 Å². The summed E-state index contributed by atoms with van der Waals surface area (Å²) < 4.78 is 5.45. The summed E-state index contributed by atoms with van der Waals surface area (Å²) in [5.41, 5.74) is 2.58. The van der Waals surface area contributed by atoms with Gasteiger partial charge >= 0.3 is 0 Å². The molecule has 1 heterocycles. The van der Waals surface area contributed by atoms with Crippen molar-refractivity contribution in [2.75, 3.05) is 6.61 Å². The molecule has 0 saturated heterocycles. The number of nitrogens with zero attached hydrogens (tertiary/aromatic N) is 1. The fourth-order valence-corrected chi connectivity index (χ4v) is 2.10. The van der Waals surface area contributed by atoms with Crippen LogP contribution in [0.3, 0.4) is 0 Å². The lowest BCUT2D eigenvalue weighted by atomic mass is 10.1. The zero-order valence-corrected chi connectivity index (χ0v) is 10.0. The highest BCUT2D eigenvalue weighted by Gasteiger charge is 2.21. The van der Waals surface area contributed by atoms with Crippen LogP contribution in [0.2, 0.25) is 0 Å². The van der Waals surface area contributed by atoms with Crippen molar-refractivity contribution in [2.45, 2.75) is 32.9 Å². The van der Waals surface area contributed by atoms with E-state index in [-0.39, 0.29) is 0 Å². The summed E-state index contributed by atoms with van der Waals surface area (Å²) in [5.74, 6) is 0. The third-order valence-corrected chi connectivity index (χ3v) is 3.10. The number of allylic oxidation sites excluding steroid dienone is 1. The monoisotopic (exact) mass is 217 g/mol. The standard InChI is InChI=1S/C14H19NO/c1-3-14-11-16-10-12(2)15(14)9-13-7-5-4-6-8-13/h4-8,10,14H,3,9,11H2,1-2H3. The van der Waals surface area contributed by atoms with Gasteiger partial charge in [-0.2, -0.15) is 0 Å². The summed E-state index contributed by atoms with van der Waals surface area (Å²) in [6.07, 6.45) is 2.99. The van der Waals surface area contributed by atoms with Crippen molar-refractivity contribution in [1.29, 1.82) is 0 Å². The van der Waals surface area contributed by atoms with Crippen molar-refractivity contribution in [3.05, 3.63) is 47.9 Å². The Morgan fingerprint density at radius 3 is 2.75 bits per heavy atom. The van der Waals surface area contributed by atoms with Crippen LogP contribution in [0.4, 0.5) is 0 Å². The molecule has 1 aliphatic rings. The maximum atomic E-state index is 5.45. The van der Waals surface area contributed by atoms with Gasteiger partial charge in [-0.25, -0.2) is 0 Å². The van der Waals surface area contributed by atoms with Gasteiger partial charge in [-0.3, -0.25) is 0 Å². The maximum Gasteiger partial charge on any atom is 0.108 e. The van der Waals surface area contributed by atoms with Gasteiger partial charge in [0.1, 0.15) is 12.9 Å². The van der Waals surface area contributed by atoms with Crippen LogP contribution < -0.4 is 0 Å². The number of ether oxygens (including phenoxy) is 1. The Labute approximate surface area is 97.5 Å². The minimum atomic E-state index is 0.505. The molecule has 16 heavy (non-hydrogen) atoms. The molecule has 1 aromatic rings. The largest absolute Gasteiger partial charge is 0.497 e. The average molecular weight is 217 g/mol. The third-order valence-electron chi connectivity index (χ3n) is 3.10. The van der Waals surface area contributed by atoms with Gasteiger partial charge in [-0.15, -0.1) is 0 Å². The smallest absolute Gasteiger partial charge is 0.108 e. The van der Waals surface area contributed by atoms with E-state index in [4.69, 9.17) is 4.74 Å². The van der Waals surface area contributed by atoms with E-state index in [9.17, 15) is 0 Å². The van der Waals surface area contributed by atoms with Crippen molar-refractivity contribution in [2.24, 2.45) is 0 Å². The molecule has 0 N–H and O–H groups in total. The number of hydrogen-bond acceptors (Lipinski definition) is 2. The van der Waals surface area contributed by atoms with Crippen LogP contribution in [0, 0.1) is 0 Å². The summed E-state index contributed by atoms with van der Waals surface area (Å²) in [6, 6.07) is 11.1. The predicted molar refractivity (Wildman–Crippen MR) is 65.8 cm³/mol. The van der Waals surface area contributed by atoms with E-state index >= 15 is 0 Å². The fraction of sp³-hybridized carbons (Fsp3) is 0.429. The topological polar surface area (TPSA) is 12.5 Å². The molecule has 2 rings (SSSR count). The molecule has 0 fully saturated rings. The summed E-state index contributed by atoms with van der Waals surface area (Å²) in [7, 11) is 0. The van der Waals surface area contributed by atoms with Gasteiger partial charge < -0.3 is 9.64 Å². The Hall–Kier alpha value is -1.44. The Morgan fingerprint density at radius 2 is 2.06 bits per heavy atom. The van der Waals surface area contributed by atoms with Gasteiger partial charge in [-0.05, 0) is 18.9 Å². The first-order chi connectivity index (χ1) is 7.81. The van der Waals surface area contributed by atoms with Gasteiger partial charge in [0.05, 0.1) is 6.04 Å². The Balaban J connectivity index is 2.12. The van der Waals surface area contributed by atoms with Gasteiger partial charge in [0.25, 0.3) is 0 Å². The van der Waals surface area contributed by atoms with Crippen LogP contribution in [0.1, 0.15) is 25.8 Å². The predicted octanol–water partition coefficient (Wildman–Crippen LogP) is 3.16. The molecule has 1 aromatic carbocycles. The van der Waals surface area contributed by atoms with Crippen molar-refractivity contribution in [3.63, 3.8) is 0 Å². The highest BCUT2D eigenvalue weighted by Crippen LogP contribution is 2.20. The first-order valence-corrected chi connectivity index (χ1v) is 5.90. The normalized spacial score (nSPS) is 20.2. The maximum absolute atomic E-state index is 5.45.